The van der Waals surface area contributed by atoms with E-state index < -0.39 is 5.97 Å². The number of halogens is 1. The van der Waals surface area contributed by atoms with Crippen molar-refractivity contribution in [1.29, 1.82) is 0 Å². The van der Waals surface area contributed by atoms with Crippen molar-refractivity contribution in [2.24, 2.45) is 17.6 Å². The molecule has 2 heterocycles. The third kappa shape index (κ3) is 6.47. The third-order valence-electron chi connectivity index (χ3n) is 6.86. The molecule has 1 saturated heterocycles. The first kappa shape index (κ1) is 25.8. The molecule has 186 valence electrons. The lowest BCUT2D eigenvalue weighted by molar-refractivity contribution is -0.146. The Bertz CT molecular complexity index is 1150. The largest absolute Gasteiger partial charge is 0.497 e. The van der Waals surface area contributed by atoms with E-state index in [9.17, 15) is 9.90 Å². The van der Waals surface area contributed by atoms with Gasteiger partial charge in [-0.2, -0.15) is 0 Å². The summed E-state index contributed by atoms with van der Waals surface area (Å²) in [4.78, 5) is 20.0. The zero-order valence-corrected chi connectivity index (χ0v) is 21.5. The predicted molar refractivity (Wildman–Crippen MR) is 142 cm³/mol. The zero-order valence-electron chi connectivity index (χ0n) is 19.9. The number of methoxy groups -OCH3 is 1. The number of benzene rings is 2. The van der Waals surface area contributed by atoms with Crippen LogP contribution in [0, 0.1) is 11.8 Å². The molecule has 0 spiro atoms. The first-order valence-electron chi connectivity index (χ1n) is 12.0. The van der Waals surface area contributed by atoms with Gasteiger partial charge in [0.25, 0.3) is 0 Å². The summed E-state index contributed by atoms with van der Waals surface area (Å²) in [6.07, 6.45) is 3.90. The number of nitrogens with two attached hydrogens (primary N) is 1. The molecular weight excluding hydrogens is 482 g/mol. The minimum Gasteiger partial charge on any atom is -0.497 e. The molecule has 2 aromatic carbocycles. The van der Waals surface area contributed by atoms with Crippen molar-refractivity contribution in [2.75, 3.05) is 32.5 Å². The summed E-state index contributed by atoms with van der Waals surface area (Å²) < 4.78 is 5.37. The molecule has 3 atom stereocenters. The van der Waals surface area contributed by atoms with Crippen molar-refractivity contribution < 1.29 is 14.6 Å². The average molecular weight is 514 g/mol. The molecule has 1 fully saturated rings. The van der Waals surface area contributed by atoms with Crippen LogP contribution in [0.4, 0.5) is 0 Å². The molecule has 0 saturated carbocycles. The van der Waals surface area contributed by atoms with Crippen LogP contribution in [0.25, 0.3) is 10.9 Å². The molecule has 0 aliphatic carbocycles. The minimum atomic E-state index is -0.721. The molecule has 4 rings (SSSR count). The van der Waals surface area contributed by atoms with Crippen molar-refractivity contribution in [3.05, 3.63) is 65.3 Å². The van der Waals surface area contributed by atoms with Gasteiger partial charge < -0.3 is 20.5 Å². The van der Waals surface area contributed by atoms with Gasteiger partial charge in [-0.25, -0.2) is 0 Å². The lowest BCUT2D eigenvalue weighted by atomic mass is 9.81. The number of thioether (sulfide) groups is 1. The normalized spacial score (nSPS) is 19.5. The number of hydrogen-bond acceptors (Lipinski definition) is 6. The highest BCUT2D eigenvalue weighted by molar-refractivity contribution is 7.99. The number of aromatic nitrogens is 1. The Hall–Kier alpha value is -2.32. The Morgan fingerprint density at radius 3 is 2.86 bits per heavy atom. The minimum absolute atomic E-state index is 0.0954. The number of nitrogens with zero attached hydrogens (tertiary/aromatic N) is 2. The maximum atomic E-state index is 12.1. The number of carboxylic acids is 1. The van der Waals surface area contributed by atoms with Crippen molar-refractivity contribution in [1.82, 2.24) is 9.88 Å². The summed E-state index contributed by atoms with van der Waals surface area (Å²) in [6.45, 7) is 2.38. The second kappa shape index (κ2) is 12.1. The van der Waals surface area contributed by atoms with Gasteiger partial charge in [-0.15, -0.1) is 11.8 Å². The van der Waals surface area contributed by atoms with Crippen LogP contribution in [0.3, 0.4) is 0 Å². The predicted octanol–water partition coefficient (Wildman–Crippen LogP) is 5.49. The van der Waals surface area contributed by atoms with Crippen LogP contribution in [0.1, 0.15) is 30.9 Å². The van der Waals surface area contributed by atoms with E-state index in [4.69, 9.17) is 22.1 Å². The molecule has 1 aliphatic rings. The van der Waals surface area contributed by atoms with E-state index in [0.717, 1.165) is 53.9 Å². The second-order valence-corrected chi connectivity index (χ2v) is 10.6. The standard InChI is InChI=1S/C27H32ClN3O3S/c1-34-19-8-10-25-21(15-19)26(23(28)16-30-25)24(29)9-7-18-11-12-31(17-22(18)27(32)33)13-14-35-20-5-3-2-4-6-20/h2-6,8,10,15-16,18,22,24H,7,9,11-14,17,29H2,1H3,(H,32,33)/t18?,22?,24-/m1/s1. The maximum Gasteiger partial charge on any atom is 0.308 e. The Morgan fingerprint density at radius 1 is 1.31 bits per heavy atom. The van der Waals surface area contributed by atoms with Crippen molar-refractivity contribution >= 4 is 40.2 Å². The van der Waals surface area contributed by atoms with E-state index in [1.807, 2.05) is 48.2 Å². The van der Waals surface area contributed by atoms with Gasteiger partial charge in [-0.3, -0.25) is 9.78 Å². The monoisotopic (exact) mass is 513 g/mol. The fourth-order valence-corrected chi connectivity index (χ4v) is 6.14. The molecule has 3 aromatic rings. The number of fused-ring (bicyclic) bond motifs is 1. The quantitative estimate of drug-likeness (QED) is 0.346. The molecular formula is C27H32ClN3O3S. The van der Waals surface area contributed by atoms with Gasteiger partial charge >= 0.3 is 5.97 Å². The molecule has 35 heavy (non-hydrogen) atoms. The SMILES string of the molecule is COc1ccc2ncc(Cl)c([C@H](N)CCC3CCN(CCSc4ccccc4)CC3C(=O)O)c2c1. The Morgan fingerprint density at radius 2 is 2.11 bits per heavy atom. The molecule has 6 nitrogen and oxygen atoms in total. The highest BCUT2D eigenvalue weighted by atomic mass is 35.5. The zero-order chi connectivity index (χ0) is 24.8. The fourth-order valence-electron chi connectivity index (χ4n) is 4.92. The molecule has 3 N–H and O–H groups in total. The van der Waals surface area contributed by atoms with E-state index in [1.54, 1.807) is 13.3 Å². The van der Waals surface area contributed by atoms with Crippen molar-refractivity contribution in [2.45, 2.75) is 30.2 Å². The van der Waals surface area contributed by atoms with Crippen molar-refractivity contribution in [3.8, 4) is 5.75 Å². The number of piperidine rings is 1. The van der Waals surface area contributed by atoms with Gasteiger partial charge in [0.1, 0.15) is 5.75 Å². The number of aliphatic carboxylic acids is 1. The molecule has 8 heteroatoms. The Labute approximate surface area is 215 Å². The van der Waals surface area contributed by atoms with Gasteiger partial charge in [-0.1, -0.05) is 29.8 Å². The fraction of sp³-hybridized carbons (Fsp3) is 0.407. The number of carboxylic acid groups (broad SMARTS) is 1. The Kier molecular flexibility index (Phi) is 8.89. The van der Waals surface area contributed by atoms with Gasteiger partial charge in [0, 0.05) is 41.4 Å². The van der Waals surface area contributed by atoms with Crippen LogP contribution in [0.5, 0.6) is 5.75 Å². The van der Waals surface area contributed by atoms with Crippen LogP contribution in [-0.2, 0) is 4.79 Å². The molecule has 1 aromatic heterocycles. The number of likely N-dealkylation sites (tertiary alicyclic amines) is 1. The summed E-state index contributed by atoms with van der Waals surface area (Å²) in [5.41, 5.74) is 8.28. The summed E-state index contributed by atoms with van der Waals surface area (Å²) >= 11 is 8.33. The van der Waals surface area contributed by atoms with E-state index in [1.165, 1.54) is 4.90 Å². The van der Waals surface area contributed by atoms with Crippen molar-refractivity contribution in [3.63, 3.8) is 0 Å². The van der Waals surface area contributed by atoms with Gasteiger partial charge in [-0.05, 0) is 67.6 Å². The van der Waals surface area contributed by atoms with Crippen LogP contribution < -0.4 is 10.5 Å². The maximum absolute atomic E-state index is 12.1. The summed E-state index contributed by atoms with van der Waals surface area (Å²) in [6, 6.07) is 15.7. The third-order valence-corrected chi connectivity index (χ3v) is 8.16. The van der Waals surface area contributed by atoms with Crippen LogP contribution in [0.15, 0.2) is 59.6 Å². The number of ether oxygens (including phenoxy) is 1. The van der Waals surface area contributed by atoms with E-state index >= 15 is 0 Å². The van der Waals surface area contributed by atoms with Gasteiger partial charge in [0.2, 0.25) is 0 Å². The number of hydrogen-bond donors (Lipinski definition) is 2. The number of pyridine rings is 1. The lowest BCUT2D eigenvalue weighted by Gasteiger charge is -2.37. The highest BCUT2D eigenvalue weighted by Crippen LogP contribution is 2.36. The second-order valence-electron chi connectivity index (χ2n) is 9.04. The molecule has 0 amide bonds. The summed E-state index contributed by atoms with van der Waals surface area (Å²) in [5.74, 6) is 0.656. The van der Waals surface area contributed by atoms with E-state index in [0.29, 0.717) is 18.0 Å². The van der Waals surface area contributed by atoms with Crippen LogP contribution in [-0.4, -0.2) is 53.5 Å². The number of carbonyl (C=O) groups is 1. The Balaban J connectivity index is 1.37. The number of rotatable bonds is 10. The molecule has 1 aliphatic heterocycles. The molecule has 0 radical (unpaired) electrons. The summed E-state index contributed by atoms with van der Waals surface area (Å²) in [5, 5.41) is 11.4. The van der Waals surface area contributed by atoms with Crippen LogP contribution in [0.2, 0.25) is 5.02 Å². The highest BCUT2D eigenvalue weighted by Gasteiger charge is 2.34. The van der Waals surface area contributed by atoms with Gasteiger partial charge in [0.05, 0.1) is 23.6 Å². The molecule has 2 unspecified atom stereocenters. The first-order chi connectivity index (χ1) is 17.0. The smallest absolute Gasteiger partial charge is 0.308 e. The van der Waals surface area contributed by atoms with E-state index in [2.05, 4.69) is 22.0 Å². The average Bonchev–Trinajstić information content (AvgIpc) is 2.87. The summed E-state index contributed by atoms with van der Waals surface area (Å²) in [7, 11) is 1.62. The van der Waals surface area contributed by atoms with Crippen LogP contribution >= 0.6 is 23.4 Å². The topological polar surface area (TPSA) is 88.7 Å². The lowest BCUT2D eigenvalue weighted by Crippen LogP contribution is -2.44. The van der Waals surface area contributed by atoms with E-state index in [-0.39, 0.29) is 17.9 Å². The first-order valence-corrected chi connectivity index (χ1v) is 13.3. The van der Waals surface area contributed by atoms with Gasteiger partial charge in [0.15, 0.2) is 0 Å². The molecule has 0 bridgehead atoms.